The third-order valence-electron chi connectivity index (χ3n) is 6.47. The van der Waals surface area contributed by atoms with E-state index >= 15 is 0 Å². The van der Waals surface area contributed by atoms with Crippen molar-refractivity contribution < 1.29 is 33.3 Å². The van der Waals surface area contributed by atoms with E-state index in [0.717, 1.165) is 18.8 Å². The molecule has 10 heteroatoms. The second-order valence-electron chi connectivity index (χ2n) is 8.95. The zero-order chi connectivity index (χ0) is 25.1. The van der Waals surface area contributed by atoms with Gasteiger partial charge in [-0.2, -0.15) is 0 Å². The molecule has 10 nitrogen and oxygen atoms in total. The van der Waals surface area contributed by atoms with Crippen molar-refractivity contribution >= 4 is 34.8 Å². The van der Waals surface area contributed by atoms with Crippen LogP contribution in [-0.2, 0) is 23.9 Å². The number of amides is 2. The number of carbonyl (C=O) groups excluding carboxylic acids is 3. The zero-order valence-corrected chi connectivity index (χ0v) is 20.1. The Morgan fingerprint density at radius 3 is 2.42 bits per heavy atom. The van der Waals surface area contributed by atoms with Crippen molar-refractivity contribution in [2.24, 2.45) is 5.92 Å². The van der Waals surface area contributed by atoms with Crippen LogP contribution >= 0.6 is 0 Å². The number of nitrogens with zero attached hydrogens (tertiary/aromatic N) is 2. The minimum Gasteiger partial charge on any atom is -0.486 e. The van der Waals surface area contributed by atoms with Crippen LogP contribution in [0.25, 0.3) is 0 Å². The van der Waals surface area contributed by atoms with Crippen LogP contribution in [0.3, 0.4) is 0 Å². The number of carbonyl (C=O) groups is 3. The van der Waals surface area contributed by atoms with E-state index in [9.17, 15) is 14.4 Å². The van der Waals surface area contributed by atoms with E-state index in [4.69, 9.17) is 18.9 Å². The van der Waals surface area contributed by atoms with Gasteiger partial charge in [-0.15, -0.1) is 0 Å². The Hall–Kier alpha value is -3.79. The lowest BCUT2D eigenvalue weighted by molar-refractivity contribution is -0.157. The summed E-state index contributed by atoms with van der Waals surface area (Å²) in [6.45, 7) is 5.67. The summed E-state index contributed by atoms with van der Waals surface area (Å²) >= 11 is 0. The van der Waals surface area contributed by atoms with Crippen LogP contribution in [0.4, 0.5) is 17.1 Å². The van der Waals surface area contributed by atoms with Crippen molar-refractivity contribution in [1.29, 1.82) is 0 Å². The summed E-state index contributed by atoms with van der Waals surface area (Å²) in [6, 6.07) is 12.8. The first-order valence-corrected chi connectivity index (χ1v) is 12.1. The molecular formula is C26H29N3O7. The summed E-state index contributed by atoms with van der Waals surface area (Å²) in [5.74, 6) is -0.659. The average molecular weight is 496 g/mol. The lowest BCUT2D eigenvalue weighted by Gasteiger charge is -2.29. The molecule has 0 aliphatic carbocycles. The van der Waals surface area contributed by atoms with Gasteiger partial charge in [-0.05, 0) is 43.3 Å². The quantitative estimate of drug-likeness (QED) is 0.608. The molecule has 0 aromatic heterocycles. The largest absolute Gasteiger partial charge is 0.486 e. The Kier molecular flexibility index (Phi) is 6.95. The molecule has 0 saturated carbocycles. The van der Waals surface area contributed by atoms with Gasteiger partial charge in [-0.25, -0.2) is 0 Å². The first-order chi connectivity index (χ1) is 17.5. The molecule has 5 rings (SSSR count). The fourth-order valence-electron chi connectivity index (χ4n) is 4.46. The van der Waals surface area contributed by atoms with Gasteiger partial charge in [0, 0.05) is 49.2 Å². The SMILES string of the molecule is C[C@@H](OC(=O)[C@@H]1CC(=O)N(c2ccc3c(c2)OCCO3)C1)C(=O)Nc1ccc(N2CCOCC2)cc1. The van der Waals surface area contributed by atoms with E-state index in [2.05, 4.69) is 10.2 Å². The first kappa shape index (κ1) is 23.9. The van der Waals surface area contributed by atoms with Crippen molar-refractivity contribution in [2.45, 2.75) is 19.4 Å². The highest BCUT2D eigenvalue weighted by Gasteiger charge is 2.37. The summed E-state index contributed by atoms with van der Waals surface area (Å²) in [5, 5.41) is 2.78. The first-order valence-electron chi connectivity index (χ1n) is 12.1. The number of hydrogen-bond acceptors (Lipinski definition) is 8. The maximum atomic E-state index is 12.7. The van der Waals surface area contributed by atoms with Crippen molar-refractivity contribution in [3.63, 3.8) is 0 Å². The topological polar surface area (TPSA) is 107 Å². The van der Waals surface area contributed by atoms with Gasteiger partial charge in [0.25, 0.3) is 5.91 Å². The number of nitrogens with one attached hydrogen (secondary N) is 1. The Balaban J connectivity index is 1.14. The molecule has 3 heterocycles. The Labute approximate surface area is 209 Å². The van der Waals surface area contributed by atoms with Crippen LogP contribution in [0.2, 0.25) is 0 Å². The number of benzene rings is 2. The molecular weight excluding hydrogens is 466 g/mol. The smallest absolute Gasteiger partial charge is 0.312 e. The van der Waals surface area contributed by atoms with Crippen molar-refractivity contribution in [3.05, 3.63) is 42.5 Å². The van der Waals surface area contributed by atoms with Crippen molar-refractivity contribution in [2.75, 3.05) is 61.2 Å². The normalized spacial score (nSPS) is 20.1. The highest BCUT2D eigenvalue weighted by molar-refractivity contribution is 6.00. The summed E-state index contributed by atoms with van der Waals surface area (Å²) in [5.41, 5.74) is 2.30. The van der Waals surface area contributed by atoms with Gasteiger partial charge in [0.1, 0.15) is 13.2 Å². The molecule has 0 spiro atoms. The lowest BCUT2D eigenvalue weighted by atomic mass is 10.1. The molecule has 2 amide bonds. The van der Waals surface area contributed by atoms with Crippen LogP contribution < -0.4 is 24.6 Å². The molecule has 0 unspecified atom stereocenters. The van der Waals surface area contributed by atoms with Gasteiger partial charge in [0.05, 0.1) is 19.1 Å². The van der Waals surface area contributed by atoms with Crippen LogP contribution in [0, 0.1) is 5.92 Å². The third kappa shape index (κ3) is 5.23. The van der Waals surface area contributed by atoms with Crippen LogP contribution in [0.15, 0.2) is 42.5 Å². The van der Waals surface area contributed by atoms with E-state index in [1.807, 2.05) is 24.3 Å². The highest BCUT2D eigenvalue weighted by Crippen LogP contribution is 2.36. The maximum absolute atomic E-state index is 12.7. The van der Waals surface area contributed by atoms with Crippen LogP contribution in [-0.4, -0.2) is 69.9 Å². The minimum absolute atomic E-state index is 0.0185. The number of esters is 1. The van der Waals surface area contributed by atoms with Crippen LogP contribution in [0.1, 0.15) is 13.3 Å². The molecule has 2 aromatic carbocycles. The maximum Gasteiger partial charge on any atom is 0.312 e. The average Bonchev–Trinajstić information content (AvgIpc) is 3.31. The number of rotatable bonds is 6. The molecule has 2 fully saturated rings. The van der Waals surface area contributed by atoms with Gasteiger partial charge in [-0.1, -0.05) is 0 Å². The van der Waals surface area contributed by atoms with E-state index in [1.165, 1.54) is 11.8 Å². The molecule has 0 radical (unpaired) electrons. The molecule has 2 aromatic rings. The Morgan fingerprint density at radius 2 is 1.67 bits per heavy atom. The number of anilines is 3. The van der Waals surface area contributed by atoms with Gasteiger partial charge in [0.2, 0.25) is 5.91 Å². The molecule has 36 heavy (non-hydrogen) atoms. The third-order valence-corrected chi connectivity index (χ3v) is 6.47. The molecule has 2 saturated heterocycles. The zero-order valence-electron chi connectivity index (χ0n) is 20.1. The van der Waals surface area contributed by atoms with E-state index < -0.39 is 23.9 Å². The monoisotopic (exact) mass is 495 g/mol. The van der Waals surface area contributed by atoms with Crippen molar-refractivity contribution in [1.82, 2.24) is 0 Å². The minimum atomic E-state index is -1.00. The number of ether oxygens (including phenoxy) is 4. The number of fused-ring (bicyclic) bond motifs is 1. The number of morpholine rings is 1. The van der Waals surface area contributed by atoms with Gasteiger partial charge >= 0.3 is 5.97 Å². The van der Waals surface area contributed by atoms with Gasteiger partial charge < -0.3 is 34.1 Å². The molecule has 3 aliphatic heterocycles. The predicted molar refractivity (Wildman–Crippen MR) is 132 cm³/mol. The van der Waals surface area contributed by atoms with Gasteiger partial charge in [0.15, 0.2) is 17.6 Å². The van der Waals surface area contributed by atoms with E-state index in [0.29, 0.717) is 49.3 Å². The molecule has 1 N–H and O–H groups in total. The van der Waals surface area contributed by atoms with Gasteiger partial charge in [-0.3, -0.25) is 14.4 Å². The number of hydrogen-bond donors (Lipinski definition) is 1. The van der Waals surface area contributed by atoms with E-state index in [-0.39, 0.29) is 18.9 Å². The molecule has 190 valence electrons. The van der Waals surface area contributed by atoms with Crippen LogP contribution in [0.5, 0.6) is 11.5 Å². The fraction of sp³-hybridized carbons (Fsp3) is 0.423. The highest BCUT2D eigenvalue weighted by atomic mass is 16.6. The molecule has 2 atom stereocenters. The Morgan fingerprint density at radius 1 is 0.972 bits per heavy atom. The second kappa shape index (κ2) is 10.4. The summed E-state index contributed by atoms with van der Waals surface area (Å²) < 4.78 is 21.9. The Bertz CT molecular complexity index is 1130. The summed E-state index contributed by atoms with van der Waals surface area (Å²) in [7, 11) is 0. The lowest BCUT2D eigenvalue weighted by Crippen LogP contribution is -2.36. The standard InChI is InChI=1S/C26H29N3O7/c1-17(25(31)27-19-2-4-20(5-3-19)28-8-10-33-11-9-28)36-26(32)18-14-24(30)29(16-18)21-6-7-22-23(15-21)35-13-12-34-22/h2-7,15,17-18H,8-14,16H2,1H3,(H,27,31)/t17-,18-/m1/s1. The predicted octanol–water partition coefficient (Wildman–Crippen LogP) is 2.22. The summed E-state index contributed by atoms with van der Waals surface area (Å²) in [4.78, 5) is 41.7. The van der Waals surface area contributed by atoms with Crippen molar-refractivity contribution in [3.8, 4) is 11.5 Å². The molecule has 0 bridgehead atoms. The summed E-state index contributed by atoms with van der Waals surface area (Å²) in [6.07, 6.45) is -0.986. The molecule has 3 aliphatic rings. The second-order valence-corrected chi connectivity index (χ2v) is 8.95. The van der Waals surface area contributed by atoms with E-state index in [1.54, 1.807) is 18.2 Å². The fourth-order valence-corrected chi connectivity index (χ4v) is 4.46.